The summed E-state index contributed by atoms with van der Waals surface area (Å²) in [6.45, 7) is 5.23. The fraction of sp³-hybridized carbons (Fsp3) is 0.600. The highest BCUT2D eigenvalue weighted by Gasteiger charge is 2.05. The van der Waals surface area contributed by atoms with E-state index < -0.39 is 12.0 Å². The molecule has 0 aromatic carbocycles. The maximum absolute atomic E-state index is 9.81. The molecule has 0 bridgehead atoms. The molecule has 0 rings (SSSR count). The maximum atomic E-state index is 9.81. The number of carbonyl (C=O) groups is 1. The molecular formula is C5H10N2O2. The van der Waals surface area contributed by atoms with Crippen LogP contribution in [0.15, 0.2) is 0 Å². The number of rotatable bonds is 2. The van der Waals surface area contributed by atoms with Crippen molar-refractivity contribution in [3.63, 3.8) is 0 Å². The summed E-state index contributed by atoms with van der Waals surface area (Å²) in [5.74, 6) is -0.928. The predicted molar refractivity (Wildman–Crippen MR) is 32.6 cm³/mol. The van der Waals surface area contributed by atoms with E-state index >= 15 is 0 Å². The highest BCUT2D eigenvalue weighted by atomic mass is 16.4. The van der Waals surface area contributed by atoms with Gasteiger partial charge >= 0.3 is 5.97 Å². The van der Waals surface area contributed by atoms with Gasteiger partial charge in [0.1, 0.15) is 6.04 Å². The van der Waals surface area contributed by atoms with Gasteiger partial charge in [-0.1, -0.05) is 6.92 Å². The Morgan fingerprint density at radius 3 is 2.22 bits per heavy atom. The Balaban J connectivity index is 0. The molecule has 0 aliphatic rings. The highest BCUT2D eigenvalue weighted by molar-refractivity contribution is 5.72. The monoisotopic (exact) mass is 130 g/mol. The van der Waals surface area contributed by atoms with E-state index in [1.54, 1.807) is 6.92 Å². The van der Waals surface area contributed by atoms with E-state index in [1.807, 2.05) is 0 Å². The molecule has 4 heteroatoms. The first-order valence-corrected chi connectivity index (χ1v) is 2.42. The van der Waals surface area contributed by atoms with E-state index in [0.717, 1.165) is 0 Å². The van der Waals surface area contributed by atoms with E-state index in [0.29, 0.717) is 6.42 Å². The number of nitriles is 1. The van der Waals surface area contributed by atoms with Crippen LogP contribution in [0.25, 0.3) is 0 Å². The Labute approximate surface area is 53.9 Å². The van der Waals surface area contributed by atoms with Crippen molar-refractivity contribution in [2.24, 2.45) is 5.73 Å². The van der Waals surface area contributed by atoms with Gasteiger partial charge in [0.25, 0.3) is 0 Å². The molecule has 0 fully saturated rings. The van der Waals surface area contributed by atoms with Gasteiger partial charge in [-0.3, -0.25) is 4.79 Å². The van der Waals surface area contributed by atoms with Gasteiger partial charge in [-0.2, -0.15) is 0 Å². The third-order valence-corrected chi connectivity index (χ3v) is 0.757. The lowest BCUT2D eigenvalue weighted by Crippen LogP contribution is -2.28. The van der Waals surface area contributed by atoms with Crippen molar-refractivity contribution in [1.29, 1.82) is 5.26 Å². The summed E-state index contributed by atoms with van der Waals surface area (Å²) in [5.41, 5.74) is 5.02. The molecule has 1 atom stereocenters. The second-order valence-corrected chi connectivity index (χ2v) is 1.35. The van der Waals surface area contributed by atoms with Crippen molar-refractivity contribution in [3.8, 4) is 6.57 Å². The summed E-state index contributed by atoms with van der Waals surface area (Å²) < 4.78 is 0. The van der Waals surface area contributed by atoms with Gasteiger partial charge in [-0.15, -0.1) is 0 Å². The minimum Gasteiger partial charge on any atom is -0.480 e. The molecule has 0 saturated heterocycles. The van der Waals surface area contributed by atoms with Gasteiger partial charge < -0.3 is 10.8 Å². The van der Waals surface area contributed by atoms with Crippen LogP contribution in [0.5, 0.6) is 0 Å². The van der Waals surface area contributed by atoms with Crippen LogP contribution < -0.4 is 5.73 Å². The second-order valence-electron chi connectivity index (χ2n) is 1.35. The number of hydrogen-bond acceptors (Lipinski definition) is 3. The first-order chi connectivity index (χ1) is 4.18. The van der Waals surface area contributed by atoms with Gasteiger partial charge in [-0.25, -0.2) is 5.26 Å². The summed E-state index contributed by atoms with van der Waals surface area (Å²) in [4.78, 5) is 9.81. The number of hydrogen-bond donors (Lipinski definition) is 2. The van der Waals surface area contributed by atoms with Crippen LogP contribution >= 0.6 is 0 Å². The SMILES string of the molecule is C#N.CCC(N)C(=O)O. The zero-order valence-electron chi connectivity index (χ0n) is 5.24. The van der Waals surface area contributed by atoms with Gasteiger partial charge in [-0.05, 0) is 6.42 Å². The van der Waals surface area contributed by atoms with Crippen molar-refractivity contribution in [1.82, 2.24) is 0 Å². The number of carboxylic acid groups (broad SMARTS) is 1. The van der Waals surface area contributed by atoms with E-state index in [-0.39, 0.29) is 0 Å². The van der Waals surface area contributed by atoms with Gasteiger partial charge in [0.2, 0.25) is 0 Å². The molecule has 0 spiro atoms. The molecule has 0 aromatic heterocycles. The highest BCUT2D eigenvalue weighted by Crippen LogP contribution is 1.82. The van der Waals surface area contributed by atoms with E-state index in [1.165, 1.54) is 0 Å². The third-order valence-electron chi connectivity index (χ3n) is 0.757. The smallest absolute Gasteiger partial charge is 0.320 e. The van der Waals surface area contributed by atoms with Crippen LogP contribution in [0.4, 0.5) is 0 Å². The van der Waals surface area contributed by atoms with Crippen LogP contribution in [-0.2, 0) is 4.79 Å². The fourth-order valence-electron chi connectivity index (χ4n) is 0.175. The first-order valence-electron chi connectivity index (χ1n) is 2.42. The quantitative estimate of drug-likeness (QED) is 0.548. The lowest BCUT2D eigenvalue weighted by molar-refractivity contribution is -0.138. The molecule has 0 aliphatic carbocycles. The Morgan fingerprint density at radius 1 is 1.89 bits per heavy atom. The number of carboxylic acids is 1. The average molecular weight is 130 g/mol. The van der Waals surface area contributed by atoms with Crippen LogP contribution in [-0.4, -0.2) is 17.1 Å². The predicted octanol–water partition coefficient (Wildman–Crippen LogP) is -0.0519. The third kappa shape index (κ3) is 6.92. The van der Waals surface area contributed by atoms with Crippen LogP contribution in [0.2, 0.25) is 0 Å². The molecule has 1 unspecified atom stereocenters. The Hall–Kier alpha value is -1.08. The van der Waals surface area contributed by atoms with Gasteiger partial charge in [0.15, 0.2) is 0 Å². The number of nitrogens with two attached hydrogens (primary N) is 1. The summed E-state index contributed by atoms with van der Waals surface area (Å²) >= 11 is 0. The molecule has 0 radical (unpaired) electrons. The lowest BCUT2D eigenvalue weighted by atomic mass is 10.2. The van der Waals surface area contributed by atoms with E-state index in [2.05, 4.69) is 6.57 Å². The summed E-state index contributed by atoms with van der Waals surface area (Å²) in [7, 11) is 0. The summed E-state index contributed by atoms with van der Waals surface area (Å²) in [6, 6.07) is -0.681. The Kier molecular flexibility index (Phi) is 8.32. The molecule has 9 heavy (non-hydrogen) atoms. The van der Waals surface area contributed by atoms with Gasteiger partial charge in [0, 0.05) is 6.57 Å². The summed E-state index contributed by atoms with van der Waals surface area (Å²) in [6.07, 6.45) is 0.495. The van der Waals surface area contributed by atoms with Crippen LogP contribution in [0.3, 0.4) is 0 Å². The average Bonchev–Trinajstić information content (AvgIpc) is 1.91. The van der Waals surface area contributed by atoms with Crippen molar-refractivity contribution in [3.05, 3.63) is 0 Å². The lowest BCUT2D eigenvalue weighted by Gasteiger charge is -1.97. The van der Waals surface area contributed by atoms with Crippen molar-refractivity contribution < 1.29 is 9.90 Å². The van der Waals surface area contributed by atoms with Crippen molar-refractivity contribution in [2.45, 2.75) is 19.4 Å². The van der Waals surface area contributed by atoms with Gasteiger partial charge in [0.05, 0.1) is 0 Å². The number of nitrogens with zero attached hydrogens (tertiary/aromatic N) is 1. The minimum absolute atomic E-state index is 0.495. The first kappa shape index (κ1) is 10.8. The number of aliphatic carboxylic acids is 1. The molecule has 0 aromatic rings. The molecule has 52 valence electrons. The molecule has 0 aliphatic heterocycles. The van der Waals surface area contributed by atoms with E-state index in [9.17, 15) is 4.79 Å². The minimum atomic E-state index is -0.928. The normalized spacial score (nSPS) is 10.7. The maximum Gasteiger partial charge on any atom is 0.320 e. The fourth-order valence-corrected chi connectivity index (χ4v) is 0.175. The molecule has 3 N–H and O–H groups in total. The molecule has 4 nitrogen and oxygen atoms in total. The zero-order chi connectivity index (χ0) is 7.86. The summed E-state index contributed by atoms with van der Waals surface area (Å²) in [5, 5.41) is 14.6. The topological polar surface area (TPSA) is 87.1 Å². The second kappa shape index (κ2) is 6.92. The molecule has 0 amide bonds. The van der Waals surface area contributed by atoms with Crippen LogP contribution in [0.1, 0.15) is 13.3 Å². The molecular weight excluding hydrogens is 120 g/mol. The molecule has 0 heterocycles. The molecule has 0 saturated carbocycles. The van der Waals surface area contributed by atoms with Crippen molar-refractivity contribution >= 4 is 5.97 Å². The van der Waals surface area contributed by atoms with Crippen molar-refractivity contribution in [2.75, 3.05) is 0 Å². The largest absolute Gasteiger partial charge is 0.480 e. The Morgan fingerprint density at radius 2 is 2.22 bits per heavy atom. The van der Waals surface area contributed by atoms with Crippen LogP contribution in [0, 0.1) is 11.8 Å². The zero-order valence-corrected chi connectivity index (χ0v) is 5.24. The Bertz CT molecular complexity index is 100. The standard InChI is InChI=1S/C4H9NO2.CHN/c1-2-3(5)4(6)7;1-2/h3H,2,5H2,1H3,(H,6,7);1H. The van der Waals surface area contributed by atoms with E-state index in [4.69, 9.17) is 16.1 Å².